The predicted molar refractivity (Wildman–Crippen MR) is 73.5 cm³/mol. The molecule has 1 aromatic rings. The molecule has 0 aliphatic rings. The second kappa shape index (κ2) is 7.24. The lowest BCUT2D eigenvalue weighted by atomic mass is 10.00. The molecule has 3 nitrogen and oxygen atoms in total. The van der Waals surface area contributed by atoms with Gasteiger partial charge in [0.15, 0.2) is 0 Å². The summed E-state index contributed by atoms with van der Waals surface area (Å²) in [7, 11) is 0. The third-order valence-electron chi connectivity index (χ3n) is 3.52. The molecule has 0 radical (unpaired) electrons. The minimum atomic E-state index is -0.833. The number of benzene rings is 1. The molecular formula is C15H22FNO2. The smallest absolute Gasteiger partial charge is 0.317 e. The molecular weight excluding hydrogens is 245 g/mol. The SMILES string of the molecule is CCC(C)N(CC(=O)O)C(CC)c1ccc(F)cc1. The van der Waals surface area contributed by atoms with E-state index in [4.69, 9.17) is 5.11 Å². The zero-order valence-corrected chi connectivity index (χ0v) is 11.8. The van der Waals surface area contributed by atoms with Crippen molar-refractivity contribution in [1.29, 1.82) is 0 Å². The summed E-state index contributed by atoms with van der Waals surface area (Å²) in [6.45, 7) is 6.09. The summed E-state index contributed by atoms with van der Waals surface area (Å²) in [5.74, 6) is -1.10. The number of aliphatic carboxylic acids is 1. The molecule has 4 heteroatoms. The Bertz CT molecular complexity index is 405. The Morgan fingerprint density at radius 3 is 2.26 bits per heavy atom. The van der Waals surface area contributed by atoms with Crippen molar-refractivity contribution >= 4 is 5.97 Å². The fourth-order valence-electron chi connectivity index (χ4n) is 2.31. The van der Waals surface area contributed by atoms with Gasteiger partial charge in [-0.3, -0.25) is 9.69 Å². The van der Waals surface area contributed by atoms with E-state index in [1.165, 1.54) is 12.1 Å². The van der Waals surface area contributed by atoms with Gasteiger partial charge in [-0.05, 0) is 37.5 Å². The van der Waals surface area contributed by atoms with Gasteiger partial charge in [0.05, 0.1) is 6.54 Å². The maximum absolute atomic E-state index is 13.0. The molecule has 0 heterocycles. The molecule has 0 bridgehead atoms. The highest BCUT2D eigenvalue weighted by Crippen LogP contribution is 2.27. The number of carboxylic acid groups (broad SMARTS) is 1. The molecule has 0 saturated heterocycles. The van der Waals surface area contributed by atoms with Crippen molar-refractivity contribution in [3.05, 3.63) is 35.6 Å². The molecule has 106 valence electrons. The summed E-state index contributed by atoms with van der Waals surface area (Å²) >= 11 is 0. The van der Waals surface area contributed by atoms with Gasteiger partial charge in [-0.1, -0.05) is 26.0 Å². The van der Waals surface area contributed by atoms with Crippen LogP contribution < -0.4 is 0 Å². The predicted octanol–water partition coefficient (Wildman–Crippen LogP) is 3.46. The number of hydrogen-bond acceptors (Lipinski definition) is 2. The summed E-state index contributed by atoms with van der Waals surface area (Å²) in [4.78, 5) is 13.0. The molecule has 2 atom stereocenters. The van der Waals surface area contributed by atoms with Crippen molar-refractivity contribution in [2.24, 2.45) is 0 Å². The van der Waals surface area contributed by atoms with Crippen molar-refractivity contribution in [2.45, 2.75) is 45.7 Å². The van der Waals surface area contributed by atoms with Crippen molar-refractivity contribution in [3.8, 4) is 0 Å². The Morgan fingerprint density at radius 2 is 1.84 bits per heavy atom. The second-order valence-electron chi connectivity index (χ2n) is 4.80. The van der Waals surface area contributed by atoms with Crippen LogP contribution in [0.4, 0.5) is 4.39 Å². The van der Waals surface area contributed by atoms with E-state index in [-0.39, 0.29) is 24.4 Å². The first kappa shape index (κ1) is 15.6. The third-order valence-corrected chi connectivity index (χ3v) is 3.52. The molecule has 2 unspecified atom stereocenters. The van der Waals surface area contributed by atoms with Crippen LogP contribution in [0.15, 0.2) is 24.3 Å². The topological polar surface area (TPSA) is 40.5 Å². The van der Waals surface area contributed by atoms with Gasteiger partial charge >= 0.3 is 5.97 Å². The summed E-state index contributed by atoms with van der Waals surface area (Å²) < 4.78 is 13.0. The van der Waals surface area contributed by atoms with Crippen LogP contribution in [-0.2, 0) is 4.79 Å². The van der Waals surface area contributed by atoms with Crippen molar-refractivity contribution in [3.63, 3.8) is 0 Å². The van der Waals surface area contributed by atoms with E-state index in [1.54, 1.807) is 12.1 Å². The molecule has 1 rings (SSSR count). The van der Waals surface area contributed by atoms with E-state index in [9.17, 15) is 9.18 Å². The molecule has 0 fully saturated rings. The number of carbonyl (C=O) groups is 1. The zero-order chi connectivity index (χ0) is 14.4. The molecule has 0 spiro atoms. The van der Waals surface area contributed by atoms with Crippen LogP contribution in [0.1, 0.15) is 45.2 Å². The zero-order valence-electron chi connectivity index (χ0n) is 11.8. The van der Waals surface area contributed by atoms with E-state index in [0.29, 0.717) is 0 Å². The first-order valence-electron chi connectivity index (χ1n) is 6.72. The molecule has 0 saturated carbocycles. The average molecular weight is 267 g/mol. The van der Waals surface area contributed by atoms with Crippen LogP contribution in [0.25, 0.3) is 0 Å². The fraction of sp³-hybridized carbons (Fsp3) is 0.533. The van der Waals surface area contributed by atoms with Crippen molar-refractivity contribution in [1.82, 2.24) is 4.90 Å². The standard InChI is InChI=1S/C15H22FNO2/c1-4-11(3)17(10-15(18)19)14(5-2)12-6-8-13(16)9-7-12/h6-9,11,14H,4-5,10H2,1-3H3,(H,18,19). The van der Waals surface area contributed by atoms with Gasteiger partial charge in [0.1, 0.15) is 5.82 Å². The monoisotopic (exact) mass is 267 g/mol. The van der Waals surface area contributed by atoms with Crippen LogP contribution in [0, 0.1) is 5.82 Å². The lowest BCUT2D eigenvalue weighted by molar-refractivity contribution is -0.139. The van der Waals surface area contributed by atoms with E-state index >= 15 is 0 Å². The number of rotatable bonds is 7. The van der Waals surface area contributed by atoms with Gasteiger partial charge in [0.2, 0.25) is 0 Å². The molecule has 19 heavy (non-hydrogen) atoms. The van der Waals surface area contributed by atoms with Gasteiger partial charge in [-0.25, -0.2) is 4.39 Å². The van der Waals surface area contributed by atoms with Crippen LogP contribution in [0.5, 0.6) is 0 Å². The van der Waals surface area contributed by atoms with Gasteiger partial charge < -0.3 is 5.11 Å². The van der Waals surface area contributed by atoms with Crippen LogP contribution in [0.3, 0.4) is 0 Å². The number of halogens is 1. The van der Waals surface area contributed by atoms with Gasteiger partial charge in [-0.2, -0.15) is 0 Å². The van der Waals surface area contributed by atoms with Gasteiger partial charge in [0, 0.05) is 12.1 Å². The Labute approximate surface area is 114 Å². The van der Waals surface area contributed by atoms with Gasteiger partial charge in [0.25, 0.3) is 0 Å². The summed E-state index contributed by atoms with van der Waals surface area (Å²) in [5, 5.41) is 9.06. The minimum Gasteiger partial charge on any atom is -0.480 e. The van der Waals surface area contributed by atoms with Crippen LogP contribution >= 0.6 is 0 Å². The molecule has 1 N–H and O–H groups in total. The molecule has 0 aliphatic heterocycles. The Kier molecular flexibility index (Phi) is 5.96. The summed E-state index contributed by atoms with van der Waals surface area (Å²) in [6.07, 6.45) is 1.67. The van der Waals surface area contributed by atoms with E-state index in [1.807, 2.05) is 25.7 Å². The van der Waals surface area contributed by atoms with Gasteiger partial charge in [-0.15, -0.1) is 0 Å². The number of carboxylic acids is 1. The maximum Gasteiger partial charge on any atom is 0.317 e. The Hall–Kier alpha value is -1.42. The quantitative estimate of drug-likeness (QED) is 0.822. The largest absolute Gasteiger partial charge is 0.480 e. The molecule has 0 aromatic heterocycles. The first-order valence-corrected chi connectivity index (χ1v) is 6.72. The normalized spacial score (nSPS) is 14.4. The molecule has 0 aliphatic carbocycles. The summed E-state index contributed by atoms with van der Waals surface area (Å²) in [6, 6.07) is 6.50. The van der Waals surface area contributed by atoms with Crippen molar-refractivity contribution < 1.29 is 14.3 Å². The second-order valence-corrected chi connectivity index (χ2v) is 4.80. The van der Waals surface area contributed by atoms with E-state index in [0.717, 1.165) is 18.4 Å². The van der Waals surface area contributed by atoms with Crippen molar-refractivity contribution in [2.75, 3.05) is 6.54 Å². The van der Waals surface area contributed by atoms with E-state index < -0.39 is 5.97 Å². The van der Waals surface area contributed by atoms with Crippen LogP contribution in [-0.4, -0.2) is 28.6 Å². The summed E-state index contributed by atoms with van der Waals surface area (Å²) in [5.41, 5.74) is 0.963. The minimum absolute atomic E-state index is 0.00485. The third kappa shape index (κ3) is 4.31. The Balaban J connectivity index is 3.01. The molecule has 0 amide bonds. The highest BCUT2D eigenvalue weighted by atomic mass is 19.1. The first-order chi connectivity index (χ1) is 8.99. The number of nitrogens with zero attached hydrogens (tertiary/aromatic N) is 1. The highest BCUT2D eigenvalue weighted by molar-refractivity contribution is 5.69. The Morgan fingerprint density at radius 1 is 1.26 bits per heavy atom. The molecule has 1 aromatic carbocycles. The lowest BCUT2D eigenvalue weighted by Gasteiger charge is -2.34. The highest BCUT2D eigenvalue weighted by Gasteiger charge is 2.24. The fourth-order valence-corrected chi connectivity index (χ4v) is 2.31. The average Bonchev–Trinajstić information content (AvgIpc) is 2.39. The lowest BCUT2D eigenvalue weighted by Crippen LogP contribution is -2.39. The van der Waals surface area contributed by atoms with E-state index in [2.05, 4.69) is 0 Å². The number of hydrogen-bond donors (Lipinski definition) is 1. The van der Waals surface area contributed by atoms with Crippen LogP contribution in [0.2, 0.25) is 0 Å². The maximum atomic E-state index is 13.0.